The van der Waals surface area contributed by atoms with Crippen molar-refractivity contribution < 1.29 is 14.6 Å². The standard InChI is InChI=1S/C26H32N4O4/c1-19(25(32)34-2)15-30-24(31)18-29(26(30)33)16-20-9-11-21(12-10-20)23-8-6-7-22(27-23)17-28-13-4-3-5-14-28/h6-12,18-19,31H,3-5,13-17H2,1-2H3. The summed E-state index contributed by atoms with van der Waals surface area (Å²) in [6.07, 6.45) is 5.23. The number of carbonyl (C=O) groups excluding carboxylic acids is 1. The van der Waals surface area contributed by atoms with Crippen LogP contribution in [0.25, 0.3) is 11.3 Å². The first-order chi connectivity index (χ1) is 16.4. The lowest BCUT2D eigenvalue weighted by Gasteiger charge is -2.26. The number of nitrogens with zero attached hydrogens (tertiary/aromatic N) is 4. The molecule has 8 heteroatoms. The van der Waals surface area contributed by atoms with Gasteiger partial charge in [0, 0.05) is 18.7 Å². The van der Waals surface area contributed by atoms with Crippen molar-refractivity contribution in [1.29, 1.82) is 0 Å². The summed E-state index contributed by atoms with van der Waals surface area (Å²) in [6, 6.07) is 14.1. The molecule has 3 heterocycles. The van der Waals surface area contributed by atoms with Crippen molar-refractivity contribution in [3.05, 3.63) is 70.4 Å². The van der Waals surface area contributed by atoms with Crippen LogP contribution in [0.5, 0.6) is 5.88 Å². The smallest absolute Gasteiger partial charge is 0.331 e. The average molecular weight is 465 g/mol. The van der Waals surface area contributed by atoms with E-state index in [9.17, 15) is 14.7 Å². The van der Waals surface area contributed by atoms with Gasteiger partial charge in [-0.3, -0.25) is 23.8 Å². The molecule has 1 saturated heterocycles. The van der Waals surface area contributed by atoms with Gasteiger partial charge in [0.2, 0.25) is 5.88 Å². The number of methoxy groups -OCH3 is 1. The van der Waals surface area contributed by atoms with Crippen LogP contribution >= 0.6 is 0 Å². The molecule has 1 atom stereocenters. The van der Waals surface area contributed by atoms with Crippen molar-refractivity contribution in [1.82, 2.24) is 19.0 Å². The summed E-state index contributed by atoms with van der Waals surface area (Å²) in [5.41, 5.74) is 3.58. The zero-order chi connectivity index (χ0) is 24.1. The molecule has 1 fully saturated rings. The Morgan fingerprint density at radius 3 is 2.53 bits per heavy atom. The minimum absolute atomic E-state index is 0.0583. The largest absolute Gasteiger partial charge is 0.493 e. The van der Waals surface area contributed by atoms with E-state index in [1.165, 1.54) is 41.7 Å². The molecule has 1 aliphatic rings. The number of aromatic nitrogens is 3. The lowest BCUT2D eigenvalue weighted by atomic mass is 10.1. The summed E-state index contributed by atoms with van der Waals surface area (Å²) in [4.78, 5) is 31.7. The highest BCUT2D eigenvalue weighted by Crippen LogP contribution is 2.20. The van der Waals surface area contributed by atoms with Gasteiger partial charge < -0.3 is 9.84 Å². The van der Waals surface area contributed by atoms with Crippen LogP contribution in [-0.2, 0) is 29.2 Å². The third-order valence-corrected chi connectivity index (χ3v) is 6.33. The van der Waals surface area contributed by atoms with E-state index < -0.39 is 11.9 Å². The molecule has 2 aromatic heterocycles. The van der Waals surface area contributed by atoms with Gasteiger partial charge in [0.25, 0.3) is 0 Å². The fourth-order valence-electron chi connectivity index (χ4n) is 4.40. The van der Waals surface area contributed by atoms with Crippen LogP contribution in [0.4, 0.5) is 0 Å². The van der Waals surface area contributed by atoms with E-state index in [-0.39, 0.29) is 18.1 Å². The summed E-state index contributed by atoms with van der Waals surface area (Å²) >= 11 is 0. The minimum Gasteiger partial charge on any atom is -0.493 e. The van der Waals surface area contributed by atoms with E-state index in [2.05, 4.69) is 17.0 Å². The number of esters is 1. The van der Waals surface area contributed by atoms with Crippen LogP contribution in [0, 0.1) is 5.92 Å². The van der Waals surface area contributed by atoms with Gasteiger partial charge in [-0.25, -0.2) is 4.79 Å². The van der Waals surface area contributed by atoms with E-state index in [4.69, 9.17) is 9.72 Å². The molecule has 34 heavy (non-hydrogen) atoms. The van der Waals surface area contributed by atoms with Crippen molar-refractivity contribution in [3.8, 4) is 17.1 Å². The Labute approximate surface area is 199 Å². The number of benzene rings is 1. The quantitative estimate of drug-likeness (QED) is 0.515. The Morgan fingerprint density at radius 1 is 1.09 bits per heavy atom. The van der Waals surface area contributed by atoms with Gasteiger partial charge in [0.15, 0.2) is 0 Å². The van der Waals surface area contributed by atoms with Crippen LogP contribution in [0.15, 0.2) is 53.5 Å². The summed E-state index contributed by atoms with van der Waals surface area (Å²) in [7, 11) is 1.30. The van der Waals surface area contributed by atoms with Crippen LogP contribution in [0.2, 0.25) is 0 Å². The second kappa shape index (κ2) is 10.7. The normalized spacial score (nSPS) is 15.2. The first kappa shape index (κ1) is 23.8. The molecule has 8 nitrogen and oxygen atoms in total. The van der Waals surface area contributed by atoms with Gasteiger partial charge in [-0.1, -0.05) is 43.7 Å². The third kappa shape index (κ3) is 5.56. The molecule has 1 aromatic carbocycles. The van der Waals surface area contributed by atoms with Crippen molar-refractivity contribution in [2.24, 2.45) is 5.92 Å². The monoisotopic (exact) mass is 464 g/mol. The summed E-state index contributed by atoms with van der Waals surface area (Å²) in [6.45, 7) is 5.18. The number of carbonyl (C=O) groups is 1. The SMILES string of the molecule is COC(=O)C(C)Cn1c(O)cn(Cc2ccc(-c3cccc(CN4CCCCC4)n3)cc2)c1=O. The minimum atomic E-state index is -0.540. The van der Waals surface area contributed by atoms with Crippen molar-refractivity contribution >= 4 is 5.97 Å². The van der Waals surface area contributed by atoms with Gasteiger partial charge in [-0.2, -0.15) is 0 Å². The number of aromatic hydroxyl groups is 1. The Bertz CT molecular complexity index is 1180. The van der Waals surface area contributed by atoms with E-state index in [0.29, 0.717) is 6.54 Å². The summed E-state index contributed by atoms with van der Waals surface area (Å²) in [5, 5.41) is 10.2. The van der Waals surface area contributed by atoms with Crippen molar-refractivity contribution in [3.63, 3.8) is 0 Å². The number of ether oxygens (including phenoxy) is 1. The van der Waals surface area contributed by atoms with Gasteiger partial charge in [0.05, 0.1) is 37.2 Å². The predicted octanol–water partition coefficient (Wildman–Crippen LogP) is 3.26. The predicted molar refractivity (Wildman–Crippen MR) is 129 cm³/mol. The molecule has 1 unspecified atom stereocenters. The zero-order valence-electron chi connectivity index (χ0n) is 19.8. The first-order valence-corrected chi connectivity index (χ1v) is 11.8. The lowest BCUT2D eigenvalue weighted by molar-refractivity contribution is -0.145. The number of hydrogen-bond donors (Lipinski definition) is 1. The third-order valence-electron chi connectivity index (χ3n) is 6.33. The fourth-order valence-corrected chi connectivity index (χ4v) is 4.40. The Balaban J connectivity index is 1.44. The second-order valence-corrected chi connectivity index (χ2v) is 8.98. The molecule has 0 bridgehead atoms. The molecule has 0 aliphatic carbocycles. The summed E-state index contributed by atoms with van der Waals surface area (Å²) < 4.78 is 7.33. The molecular weight excluding hydrogens is 432 g/mol. The Hall–Kier alpha value is -3.39. The molecule has 0 amide bonds. The van der Waals surface area contributed by atoms with Gasteiger partial charge >= 0.3 is 11.7 Å². The van der Waals surface area contributed by atoms with E-state index >= 15 is 0 Å². The first-order valence-electron chi connectivity index (χ1n) is 11.8. The maximum absolute atomic E-state index is 12.7. The maximum Gasteiger partial charge on any atom is 0.331 e. The van der Waals surface area contributed by atoms with E-state index in [0.717, 1.165) is 42.1 Å². The topological polar surface area (TPSA) is 89.6 Å². The molecule has 1 aliphatic heterocycles. The van der Waals surface area contributed by atoms with Gasteiger partial charge in [-0.15, -0.1) is 0 Å². The molecular formula is C26H32N4O4. The number of rotatable bonds is 8. The molecule has 0 saturated carbocycles. The number of imidazole rings is 1. The van der Waals surface area contributed by atoms with Crippen LogP contribution in [0.1, 0.15) is 37.4 Å². The average Bonchev–Trinajstić information content (AvgIpc) is 3.12. The molecule has 180 valence electrons. The highest BCUT2D eigenvalue weighted by molar-refractivity contribution is 5.71. The summed E-state index contributed by atoms with van der Waals surface area (Å²) in [5.74, 6) is -1.14. The van der Waals surface area contributed by atoms with Crippen LogP contribution in [0.3, 0.4) is 0 Å². The number of pyridine rings is 1. The highest BCUT2D eigenvalue weighted by Gasteiger charge is 2.19. The van der Waals surface area contributed by atoms with Crippen molar-refractivity contribution in [2.45, 2.75) is 45.8 Å². The Kier molecular flexibility index (Phi) is 7.47. The van der Waals surface area contributed by atoms with E-state index in [1.54, 1.807) is 6.92 Å². The van der Waals surface area contributed by atoms with Gasteiger partial charge in [0.1, 0.15) is 0 Å². The molecule has 0 radical (unpaired) electrons. The van der Waals surface area contributed by atoms with Gasteiger partial charge in [-0.05, 0) is 43.6 Å². The lowest BCUT2D eigenvalue weighted by Crippen LogP contribution is -2.29. The molecule has 0 spiro atoms. The Morgan fingerprint density at radius 2 is 1.82 bits per heavy atom. The van der Waals surface area contributed by atoms with Crippen LogP contribution in [-0.4, -0.2) is 50.3 Å². The maximum atomic E-state index is 12.7. The molecule has 3 aromatic rings. The zero-order valence-corrected chi connectivity index (χ0v) is 19.8. The van der Waals surface area contributed by atoms with E-state index in [1.807, 2.05) is 30.3 Å². The second-order valence-electron chi connectivity index (χ2n) is 8.98. The van der Waals surface area contributed by atoms with Crippen LogP contribution < -0.4 is 5.69 Å². The number of hydrogen-bond acceptors (Lipinski definition) is 6. The number of piperidine rings is 1. The number of likely N-dealkylation sites (tertiary alicyclic amines) is 1. The fraction of sp³-hybridized carbons (Fsp3) is 0.423. The van der Waals surface area contributed by atoms with Crippen molar-refractivity contribution in [2.75, 3.05) is 20.2 Å². The molecule has 1 N–H and O–H groups in total. The highest BCUT2D eigenvalue weighted by atomic mass is 16.5. The molecule has 4 rings (SSSR count).